The summed E-state index contributed by atoms with van der Waals surface area (Å²) in [6.45, 7) is 1.91. The van der Waals surface area contributed by atoms with Crippen LogP contribution in [0.4, 0.5) is 11.4 Å². The number of hydrogen-bond donors (Lipinski definition) is 2. The van der Waals surface area contributed by atoms with Gasteiger partial charge in [-0.1, -0.05) is 11.8 Å². The Kier molecular flexibility index (Phi) is 10.5. The Hall–Kier alpha value is -5.44. The number of nitrogens with zero attached hydrogens (tertiary/aromatic N) is 4. The first-order valence-corrected chi connectivity index (χ1v) is 14.1. The van der Waals surface area contributed by atoms with Crippen molar-refractivity contribution in [2.75, 3.05) is 31.9 Å². The molecular weight excluding hydrogens is 592 g/mol. The average Bonchev–Trinajstić information content (AvgIpc) is 3.45. The molecule has 3 aromatic carbocycles. The maximum absolute atomic E-state index is 12.8. The Balaban J connectivity index is 1.53. The van der Waals surface area contributed by atoms with Gasteiger partial charge in [0.1, 0.15) is 11.5 Å². The maximum atomic E-state index is 12.8. The van der Waals surface area contributed by atoms with Crippen LogP contribution in [0.1, 0.15) is 33.5 Å². The number of non-ortho nitro benzene ring substituents is 1. The lowest BCUT2D eigenvalue weighted by Crippen LogP contribution is -2.24. The van der Waals surface area contributed by atoms with Crippen LogP contribution >= 0.6 is 11.8 Å². The van der Waals surface area contributed by atoms with Crippen molar-refractivity contribution in [2.24, 2.45) is 0 Å². The van der Waals surface area contributed by atoms with Gasteiger partial charge in [0.2, 0.25) is 5.91 Å². The number of aromatic nitrogens is 3. The van der Waals surface area contributed by atoms with Crippen LogP contribution in [-0.4, -0.2) is 64.1 Å². The minimum atomic E-state index is -0.549. The van der Waals surface area contributed by atoms with Crippen molar-refractivity contribution in [1.29, 1.82) is 0 Å². The van der Waals surface area contributed by atoms with E-state index in [4.69, 9.17) is 14.2 Å². The molecule has 0 aliphatic carbocycles. The molecule has 0 fully saturated rings. The molecule has 2 N–H and O–H groups in total. The number of carbonyl (C=O) groups excluding carboxylic acids is 3. The average molecular weight is 621 g/mol. The molecule has 0 bridgehead atoms. The predicted octanol–water partition coefficient (Wildman–Crippen LogP) is 4.03. The van der Waals surface area contributed by atoms with E-state index in [1.807, 2.05) is 0 Å². The molecule has 44 heavy (non-hydrogen) atoms. The molecule has 1 aromatic heterocycles. The smallest absolute Gasteiger partial charge is 0.338 e. The second-order valence-corrected chi connectivity index (χ2v) is 9.84. The van der Waals surface area contributed by atoms with Crippen molar-refractivity contribution in [2.45, 2.75) is 18.6 Å². The van der Waals surface area contributed by atoms with E-state index in [2.05, 4.69) is 20.8 Å². The van der Waals surface area contributed by atoms with Gasteiger partial charge in [-0.3, -0.25) is 24.3 Å². The number of nitro groups is 1. The van der Waals surface area contributed by atoms with Gasteiger partial charge in [-0.15, -0.1) is 10.2 Å². The van der Waals surface area contributed by atoms with Crippen LogP contribution in [0.15, 0.2) is 71.9 Å². The fourth-order valence-electron chi connectivity index (χ4n) is 3.95. The van der Waals surface area contributed by atoms with Crippen molar-refractivity contribution >= 4 is 40.9 Å². The van der Waals surface area contributed by atoms with E-state index in [0.29, 0.717) is 39.4 Å². The number of ether oxygens (including phenoxy) is 3. The van der Waals surface area contributed by atoms with Crippen molar-refractivity contribution < 1.29 is 33.5 Å². The van der Waals surface area contributed by atoms with Crippen LogP contribution in [-0.2, 0) is 16.1 Å². The molecule has 0 saturated carbocycles. The Bertz CT molecular complexity index is 1660. The van der Waals surface area contributed by atoms with E-state index in [0.717, 1.165) is 11.8 Å². The molecule has 0 aliphatic rings. The van der Waals surface area contributed by atoms with E-state index in [9.17, 15) is 24.5 Å². The largest absolute Gasteiger partial charge is 0.497 e. The Morgan fingerprint density at radius 2 is 1.66 bits per heavy atom. The molecule has 0 radical (unpaired) electrons. The number of nitrogens with one attached hydrogen (secondary N) is 2. The molecule has 228 valence electrons. The third-order valence-corrected chi connectivity index (χ3v) is 7.02. The third kappa shape index (κ3) is 7.69. The minimum Gasteiger partial charge on any atom is -0.497 e. The van der Waals surface area contributed by atoms with Crippen LogP contribution in [0.25, 0.3) is 5.69 Å². The van der Waals surface area contributed by atoms with Gasteiger partial charge in [0.05, 0.1) is 49.3 Å². The maximum Gasteiger partial charge on any atom is 0.338 e. The summed E-state index contributed by atoms with van der Waals surface area (Å²) >= 11 is 1.10. The van der Waals surface area contributed by atoms with Gasteiger partial charge in [-0.2, -0.15) is 0 Å². The summed E-state index contributed by atoms with van der Waals surface area (Å²) in [5.41, 5.74) is 1.46. The highest BCUT2D eigenvalue weighted by molar-refractivity contribution is 7.99. The number of anilines is 1. The monoisotopic (exact) mass is 620 g/mol. The zero-order chi connectivity index (χ0) is 31.6. The van der Waals surface area contributed by atoms with Gasteiger partial charge < -0.3 is 24.8 Å². The fraction of sp³-hybridized carbons (Fsp3) is 0.207. The van der Waals surface area contributed by atoms with Crippen molar-refractivity contribution in [3.05, 3.63) is 93.8 Å². The molecule has 14 nitrogen and oxygen atoms in total. The van der Waals surface area contributed by atoms with Crippen molar-refractivity contribution in [3.63, 3.8) is 0 Å². The lowest BCUT2D eigenvalue weighted by molar-refractivity contribution is -0.384. The number of benzene rings is 3. The first kappa shape index (κ1) is 31.5. The predicted molar refractivity (Wildman–Crippen MR) is 160 cm³/mol. The molecule has 0 unspecified atom stereocenters. The van der Waals surface area contributed by atoms with Crippen LogP contribution in [0.2, 0.25) is 0 Å². The van der Waals surface area contributed by atoms with Gasteiger partial charge in [-0.25, -0.2) is 4.79 Å². The fourth-order valence-corrected chi connectivity index (χ4v) is 4.71. The molecule has 0 saturated heterocycles. The first-order valence-electron chi connectivity index (χ1n) is 13.1. The van der Waals surface area contributed by atoms with E-state index >= 15 is 0 Å². The van der Waals surface area contributed by atoms with Gasteiger partial charge in [0.15, 0.2) is 11.0 Å². The summed E-state index contributed by atoms with van der Waals surface area (Å²) in [7, 11) is 3.02. The van der Waals surface area contributed by atoms with Crippen molar-refractivity contribution in [1.82, 2.24) is 20.1 Å². The van der Waals surface area contributed by atoms with Crippen LogP contribution in [0.5, 0.6) is 11.5 Å². The molecule has 4 aromatic rings. The first-order chi connectivity index (χ1) is 21.2. The Morgan fingerprint density at radius 1 is 0.955 bits per heavy atom. The van der Waals surface area contributed by atoms with Gasteiger partial charge in [0, 0.05) is 29.4 Å². The number of carbonyl (C=O) groups is 3. The van der Waals surface area contributed by atoms with E-state index in [1.54, 1.807) is 54.0 Å². The molecule has 0 spiro atoms. The summed E-state index contributed by atoms with van der Waals surface area (Å²) in [5.74, 6) is 0.00179. The normalized spacial score (nSPS) is 10.5. The highest BCUT2D eigenvalue weighted by Crippen LogP contribution is 2.32. The lowest BCUT2D eigenvalue weighted by Gasteiger charge is -2.15. The number of esters is 1. The molecule has 0 atom stereocenters. The Morgan fingerprint density at radius 3 is 2.30 bits per heavy atom. The molecule has 1 heterocycles. The zero-order valence-electron chi connectivity index (χ0n) is 23.9. The van der Waals surface area contributed by atoms with E-state index in [1.165, 1.54) is 38.5 Å². The number of methoxy groups -OCH3 is 2. The van der Waals surface area contributed by atoms with Crippen LogP contribution in [0, 0.1) is 10.1 Å². The van der Waals surface area contributed by atoms with E-state index < -0.39 is 16.8 Å². The summed E-state index contributed by atoms with van der Waals surface area (Å²) in [6, 6.07) is 16.6. The SMILES string of the molecule is CCOC(=O)c1ccc(NC(=O)CSc2nnc(CNC(=O)c3ccc([N+](=O)[O-])cc3)n2-c2cc(OC)ccc2OC)cc1. The third-order valence-electron chi connectivity index (χ3n) is 6.09. The van der Waals surface area contributed by atoms with Gasteiger partial charge in [0.25, 0.3) is 11.6 Å². The number of rotatable bonds is 13. The summed E-state index contributed by atoms with van der Waals surface area (Å²) in [4.78, 5) is 47.8. The minimum absolute atomic E-state index is 0.0425. The Labute approximate surface area is 255 Å². The summed E-state index contributed by atoms with van der Waals surface area (Å²) < 4.78 is 17.6. The number of thioether (sulfide) groups is 1. The second kappa shape index (κ2) is 14.6. The topological polar surface area (TPSA) is 177 Å². The number of amides is 2. The molecule has 2 amide bonds. The number of nitro benzene ring substituents is 1. The zero-order valence-corrected chi connectivity index (χ0v) is 24.8. The summed E-state index contributed by atoms with van der Waals surface area (Å²) in [6.07, 6.45) is 0. The van der Waals surface area contributed by atoms with E-state index in [-0.39, 0.29) is 36.1 Å². The second-order valence-electron chi connectivity index (χ2n) is 8.89. The van der Waals surface area contributed by atoms with Gasteiger partial charge in [-0.05, 0) is 55.5 Å². The summed E-state index contributed by atoms with van der Waals surface area (Å²) in [5, 5.41) is 25.3. The lowest BCUT2D eigenvalue weighted by atomic mass is 10.2. The van der Waals surface area contributed by atoms with Crippen LogP contribution in [0.3, 0.4) is 0 Å². The van der Waals surface area contributed by atoms with Crippen molar-refractivity contribution in [3.8, 4) is 17.2 Å². The standard InChI is InChI=1S/C29H28N6O8S/c1-4-43-28(38)19-5-9-20(10-6-19)31-26(36)17-44-29-33-32-25(34(29)23-15-22(41-2)13-14-24(23)42-3)16-30-27(37)18-7-11-21(12-8-18)35(39)40/h5-15H,4,16-17H2,1-3H3,(H,30,37)(H,31,36). The highest BCUT2D eigenvalue weighted by atomic mass is 32.2. The molecule has 0 aliphatic heterocycles. The molecule has 15 heteroatoms. The van der Waals surface area contributed by atoms with Gasteiger partial charge >= 0.3 is 5.97 Å². The molecule has 4 rings (SSSR count). The quantitative estimate of drug-likeness (QED) is 0.0955. The number of hydrogen-bond acceptors (Lipinski definition) is 11. The molecular formula is C29H28N6O8S. The highest BCUT2D eigenvalue weighted by Gasteiger charge is 2.21. The van der Waals surface area contributed by atoms with Crippen LogP contribution < -0.4 is 20.1 Å².